The van der Waals surface area contributed by atoms with E-state index in [-0.39, 0.29) is 16.6 Å². The van der Waals surface area contributed by atoms with Crippen molar-refractivity contribution in [3.05, 3.63) is 94.1 Å². The third-order valence-corrected chi connectivity index (χ3v) is 6.63. The predicted octanol–water partition coefficient (Wildman–Crippen LogP) is 5.21. The van der Waals surface area contributed by atoms with E-state index in [2.05, 4.69) is 33.7 Å². The molecule has 0 aliphatic carbocycles. The number of amidine groups is 2. The van der Waals surface area contributed by atoms with Crippen LogP contribution in [-0.4, -0.2) is 31.5 Å². The summed E-state index contributed by atoms with van der Waals surface area (Å²) in [5.41, 5.74) is 5.46. The first-order valence-electron chi connectivity index (χ1n) is 10.3. The summed E-state index contributed by atoms with van der Waals surface area (Å²) in [5, 5.41) is 14.9. The van der Waals surface area contributed by atoms with Crippen LogP contribution in [0.15, 0.2) is 70.3 Å². The van der Waals surface area contributed by atoms with Crippen LogP contribution >= 0.6 is 11.8 Å². The number of rotatable bonds is 3. The Balaban J connectivity index is 1.53. The van der Waals surface area contributed by atoms with E-state index in [1.54, 1.807) is 24.3 Å². The van der Waals surface area contributed by atoms with Crippen LogP contribution in [0.4, 0.5) is 4.39 Å². The number of carbonyl (C=O) groups excluding carboxylic acids is 1. The number of para-hydroxylation sites is 1. The number of amides is 1. The zero-order chi connectivity index (χ0) is 23.3. The van der Waals surface area contributed by atoms with Crippen molar-refractivity contribution in [2.75, 3.05) is 0 Å². The number of fused-ring (bicyclic) bond motifs is 1. The van der Waals surface area contributed by atoms with Crippen LogP contribution in [0, 0.1) is 32.0 Å². The topological polar surface area (TPSA) is 73.8 Å². The van der Waals surface area contributed by atoms with Crippen LogP contribution in [0.1, 0.15) is 28.1 Å². The minimum Gasteiger partial charge on any atom is -0.318 e. The second-order valence-electron chi connectivity index (χ2n) is 7.85. The summed E-state index contributed by atoms with van der Waals surface area (Å²) >= 11 is 1.08. The van der Waals surface area contributed by atoms with Gasteiger partial charge in [-0.2, -0.15) is 15.1 Å². The summed E-state index contributed by atoms with van der Waals surface area (Å²) in [6, 6.07) is 16.4. The van der Waals surface area contributed by atoms with E-state index < -0.39 is 11.7 Å². The molecule has 3 heterocycles. The average molecular weight is 458 g/mol. The van der Waals surface area contributed by atoms with E-state index in [9.17, 15) is 9.18 Å². The largest absolute Gasteiger partial charge is 0.318 e. The van der Waals surface area contributed by atoms with E-state index in [1.807, 2.05) is 32.0 Å². The van der Waals surface area contributed by atoms with Gasteiger partial charge in [-0.25, -0.2) is 4.39 Å². The SMILES string of the molecule is Cc1ccccc1-n1c(C)cc(/C=C2/C(=N)N3N=C(c4ccccc4F)SC3=NC2=O)c1C. The second-order valence-corrected chi connectivity index (χ2v) is 8.81. The highest BCUT2D eigenvalue weighted by molar-refractivity contribution is 8.27. The number of carbonyl (C=O) groups is 1. The molecule has 1 N–H and O–H groups in total. The van der Waals surface area contributed by atoms with Crippen molar-refractivity contribution in [3.8, 4) is 5.69 Å². The Morgan fingerprint density at radius 3 is 2.55 bits per heavy atom. The van der Waals surface area contributed by atoms with Crippen LogP contribution in [0.25, 0.3) is 11.8 Å². The first-order chi connectivity index (χ1) is 15.8. The molecule has 0 saturated heterocycles. The summed E-state index contributed by atoms with van der Waals surface area (Å²) in [4.78, 5) is 16.9. The van der Waals surface area contributed by atoms with Gasteiger partial charge in [-0.15, -0.1) is 0 Å². The number of aromatic nitrogens is 1. The molecule has 0 radical (unpaired) electrons. The number of thioether (sulfide) groups is 1. The van der Waals surface area contributed by atoms with Crippen molar-refractivity contribution in [2.24, 2.45) is 10.1 Å². The number of nitrogens with zero attached hydrogens (tertiary/aromatic N) is 4. The summed E-state index contributed by atoms with van der Waals surface area (Å²) in [6.07, 6.45) is 1.68. The highest BCUT2D eigenvalue weighted by Crippen LogP contribution is 2.32. The number of aliphatic imine (C=N–C) groups is 1. The van der Waals surface area contributed by atoms with E-state index in [1.165, 1.54) is 11.1 Å². The third-order valence-electron chi connectivity index (χ3n) is 5.69. The average Bonchev–Trinajstić information content (AvgIpc) is 3.32. The fourth-order valence-corrected chi connectivity index (χ4v) is 4.93. The lowest BCUT2D eigenvalue weighted by atomic mass is 10.1. The van der Waals surface area contributed by atoms with Crippen LogP contribution in [0.2, 0.25) is 0 Å². The maximum Gasteiger partial charge on any atom is 0.283 e. The van der Waals surface area contributed by atoms with Crippen molar-refractivity contribution in [1.29, 1.82) is 5.41 Å². The normalized spacial score (nSPS) is 16.8. The van der Waals surface area contributed by atoms with Crippen molar-refractivity contribution in [2.45, 2.75) is 20.8 Å². The first kappa shape index (κ1) is 21.1. The van der Waals surface area contributed by atoms with E-state index in [0.717, 1.165) is 40.0 Å². The lowest BCUT2D eigenvalue weighted by molar-refractivity contribution is -0.114. The molecule has 2 aliphatic heterocycles. The minimum absolute atomic E-state index is 0.0791. The van der Waals surface area contributed by atoms with Gasteiger partial charge in [-0.3, -0.25) is 10.2 Å². The van der Waals surface area contributed by atoms with E-state index in [0.29, 0.717) is 10.6 Å². The fraction of sp³-hybridized carbons (Fsp3) is 0.120. The van der Waals surface area contributed by atoms with Crippen molar-refractivity contribution in [1.82, 2.24) is 9.58 Å². The monoisotopic (exact) mass is 457 g/mol. The quantitative estimate of drug-likeness (QED) is 0.549. The molecule has 0 unspecified atom stereocenters. The van der Waals surface area contributed by atoms with Crippen LogP contribution < -0.4 is 0 Å². The molecule has 0 atom stereocenters. The highest BCUT2D eigenvalue weighted by Gasteiger charge is 2.36. The third kappa shape index (κ3) is 3.52. The van der Waals surface area contributed by atoms with E-state index >= 15 is 0 Å². The fourth-order valence-electron chi connectivity index (χ4n) is 4.01. The molecule has 1 amide bonds. The van der Waals surface area contributed by atoms with Gasteiger partial charge >= 0.3 is 0 Å². The molecule has 8 heteroatoms. The molecule has 164 valence electrons. The minimum atomic E-state index is -0.510. The Hall–Kier alpha value is -3.78. The van der Waals surface area contributed by atoms with Crippen molar-refractivity contribution >= 4 is 39.8 Å². The number of nitrogens with one attached hydrogen (secondary N) is 1. The van der Waals surface area contributed by atoms with Gasteiger partial charge in [0, 0.05) is 22.6 Å². The summed E-state index contributed by atoms with van der Waals surface area (Å²) in [7, 11) is 0. The molecule has 5 rings (SSSR count). The number of hydrazone groups is 1. The molecule has 0 fully saturated rings. The number of aryl methyl sites for hydroxylation is 2. The van der Waals surface area contributed by atoms with Gasteiger partial charge in [0.2, 0.25) is 5.17 Å². The highest BCUT2D eigenvalue weighted by atomic mass is 32.2. The molecule has 33 heavy (non-hydrogen) atoms. The smallest absolute Gasteiger partial charge is 0.283 e. The van der Waals surface area contributed by atoms with Crippen LogP contribution in [0.3, 0.4) is 0 Å². The Labute approximate surface area is 194 Å². The molecule has 0 saturated carbocycles. The number of hydrogen-bond acceptors (Lipinski definition) is 4. The van der Waals surface area contributed by atoms with Crippen molar-refractivity contribution < 1.29 is 9.18 Å². The molecular weight excluding hydrogens is 437 g/mol. The van der Waals surface area contributed by atoms with Gasteiger partial charge in [0.05, 0.1) is 5.57 Å². The van der Waals surface area contributed by atoms with Gasteiger partial charge in [0.1, 0.15) is 10.9 Å². The number of hydrogen-bond donors (Lipinski definition) is 1. The molecule has 6 nitrogen and oxygen atoms in total. The molecular formula is C25H20FN5OS. The lowest BCUT2D eigenvalue weighted by Crippen LogP contribution is -2.35. The molecule has 0 spiro atoms. The number of halogens is 1. The van der Waals surface area contributed by atoms with Gasteiger partial charge in [0.15, 0.2) is 5.84 Å². The van der Waals surface area contributed by atoms with Gasteiger partial charge in [-0.05, 0) is 74.0 Å². The van der Waals surface area contributed by atoms with Crippen molar-refractivity contribution in [3.63, 3.8) is 0 Å². The summed E-state index contributed by atoms with van der Waals surface area (Å²) < 4.78 is 16.4. The second kappa shape index (κ2) is 7.97. The Morgan fingerprint density at radius 2 is 1.79 bits per heavy atom. The molecule has 0 bridgehead atoms. The summed E-state index contributed by atoms with van der Waals surface area (Å²) in [5.74, 6) is -1.00. The first-order valence-corrected chi connectivity index (χ1v) is 11.2. The molecule has 3 aromatic rings. The van der Waals surface area contributed by atoms with Gasteiger partial charge in [0.25, 0.3) is 5.91 Å². The maximum atomic E-state index is 14.2. The van der Waals surface area contributed by atoms with Gasteiger partial charge in [-0.1, -0.05) is 30.3 Å². The zero-order valence-electron chi connectivity index (χ0n) is 18.3. The van der Waals surface area contributed by atoms with Gasteiger partial charge < -0.3 is 4.57 Å². The lowest BCUT2D eigenvalue weighted by Gasteiger charge is -2.20. The summed E-state index contributed by atoms with van der Waals surface area (Å²) in [6.45, 7) is 6.05. The maximum absolute atomic E-state index is 14.2. The Bertz CT molecular complexity index is 1430. The Kier molecular flexibility index (Phi) is 5.09. The number of benzene rings is 2. The predicted molar refractivity (Wildman–Crippen MR) is 130 cm³/mol. The molecule has 2 aliphatic rings. The standard InChI is InChI=1S/C25H20FN5OS/c1-14-8-4-7-11-21(14)30-15(2)12-17(16(30)3)13-19-22(27)31-25(28-23(19)32)33-24(29-31)18-9-5-6-10-20(18)26/h4-13,27H,1-3H3/b19-13-,27-22?. The van der Waals surface area contributed by atoms with Crippen LogP contribution in [0.5, 0.6) is 0 Å². The molecule has 1 aromatic heterocycles. The zero-order valence-corrected chi connectivity index (χ0v) is 19.1. The van der Waals surface area contributed by atoms with E-state index in [4.69, 9.17) is 5.41 Å². The Morgan fingerprint density at radius 1 is 1.06 bits per heavy atom. The molecule has 2 aromatic carbocycles. The van der Waals surface area contributed by atoms with Crippen LogP contribution in [-0.2, 0) is 4.79 Å².